The summed E-state index contributed by atoms with van der Waals surface area (Å²) in [4.78, 5) is 2.48. The van der Waals surface area contributed by atoms with Crippen LogP contribution in [0.1, 0.15) is 25.8 Å². The van der Waals surface area contributed by atoms with Gasteiger partial charge in [-0.2, -0.15) is 0 Å². The summed E-state index contributed by atoms with van der Waals surface area (Å²) in [5, 5.41) is 3.43. The number of hydrogen-bond donors (Lipinski definition) is 1. The Labute approximate surface area is 120 Å². The maximum absolute atomic E-state index is 3.62. The van der Waals surface area contributed by atoms with Crippen LogP contribution in [0.5, 0.6) is 0 Å². The summed E-state index contributed by atoms with van der Waals surface area (Å²) in [6.07, 6.45) is 2.28. The van der Waals surface area contributed by atoms with Crippen LogP contribution < -0.4 is 5.32 Å². The summed E-state index contributed by atoms with van der Waals surface area (Å²) < 4.78 is 1.22. The number of nitrogens with zero attached hydrogens (tertiary/aromatic N) is 1. The topological polar surface area (TPSA) is 15.3 Å². The maximum atomic E-state index is 3.62. The number of likely N-dealkylation sites (N-methyl/N-ethyl adjacent to an activating group) is 1. The first kappa shape index (κ1) is 15.7. The minimum Gasteiger partial charge on any atom is -0.317 e. The van der Waals surface area contributed by atoms with Gasteiger partial charge >= 0.3 is 0 Å². The lowest BCUT2D eigenvalue weighted by Gasteiger charge is -2.23. The molecule has 1 N–H and O–H groups in total. The highest BCUT2D eigenvalue weighted by atomic mass is 79.9. The predicted molar refractivity (Wildman–Crippen MR) is 83.1 cm³/mol. The van der Waals surface area contributed by atoms with Gasteiger partial charge in [-0.3, -0.25) is 0 Å². The third kappa shape index (κ3) is 5.09. The quantitative estimate of drug-likeness (QED) is 0.792. The van der Waals surface area contributed by atoms with Gasteiger partial charge in [0.25, 0.3) is 0 Å². The van der Waals surface area contributed by atoms with E-state index in [1.807, 2.05) is 0 Å². The van der Waals surface area contributed by atoms with Crippen molar-refractivity contribution in [1.82, 2.24) is 10.2 Å². The number of benzene rings is 1. The van der Waals surface area contributed by atoms with Gasteiger partial charge in [0, 0.05) is 10.5 Å². The van der Waals surface area contributed by atoms with E-state index in [1.165, 1.54) is 23.0 Å². The molecule has 102 valence electrons. The Morgan fingerprint density at radius 1 is 1.22 bits per heavy atom. The Bertz CT molecular complexity index is 337. The SMILES string of the molecule is CCN(CC)CCC(Cc1ccccc1Br)NC. The van der Waals surface area contributed by atoms with Crippen molar-refractivity contribution in [3.05, 3.63) is 34.3 Å². The molecule has 0 aromatic heterocycles. The molecule has 0 amide bonds. The number of hydrogen-bond acceptors (Lipinski definition) is 2. The molecule has 0 saturated heterocycles. The van der Waals surface area contributed by atoms with Gasteiger partial charge in [-0.1, -0.05) is 48.0 Å². The number of halogens is 1. The molecule has 2 nitrogen and oxygen atoms in total. The molecule has 3 heteroatoms. The zero-order valence-corrected chi connectivity index (χ0v) is 13.3. The Hall–Kier alpha value is -0.380. The second-order valence-electron chi connectivity index (χ2n) is 4.60. The van der Waals surface area contributed by atoms with E-state index in [-0.39, 0.29) is 0 Å². The minimum atomic E-state index is 0.546. The molecule has 1 aromatic rings. The lowest BCUT2D eigenvalue weighted by atomic mass is 10.0. The van der Waals surface area contributed by atoms with Crippen LogP contribution >= 0.6 is 15.9 Å². The molecule has 0 fully saturated rings. The molecule has 0 aliphatic rings. The smallest absolute Gasteiger partial charge is 0.0207 e. The molecule has 1 aromatic carbocycles. The molecule has 18 heavy (non-hydrogen) atoms. The van der Waals surface area contributed by atoms with E-state index in [2.05, 4.69) is 71.3 Å². The van der Waals surface area contributed by atoms with E-state index in [9.17, 15) is 0 Å². The van der Waals surface area contributed by atoms with Crippen LogP contribution in [0.15, 0.2) is 28.7 Å². The van der Waals surface area contributed by atoms with Crippen LogP contribution in [0.4, 0.5) is 0 Å². The zero-order valence-electron chi connectivity index (χ0n) is 11.7. The molecule has 1 atom stereocenters. The maximum Gasteiger partial charge on any atom is 0.0207 e. The molecule has 0 aliphatic carbocycles. The van der Waals surface area contributed by atoms with Crippen LogP contribution in [0, 0.1) is 0 Å². The van der Waals surface area contributed by atoms with Gasteiger partial charge in [-0.15, -0.1) is 0 Å². The molecule has 1 rings (SSSR count). The van der Waals surface area contributed by atoms with E-state index in [4.69, 9.17) is 0 Å². The standard InChI is InChI=1S/C15H25BrN2/c1-4-18(5-2)11-10-14(17-3)12-13-8-6-7-9-15(13)16/h6-9,14,17H,4-5,10-12H2,1-3H3. The Balaban J connectivity index is 2.49. The molecular formula is C15H25BrN2. The molecule has 1 unspecified atom stereocenters. The first-order valence-corrected chi connectivity index (χ1v) is 7.63. The van der Waals surface area contributed by atoms with Crippen LogP contribution in [0.2, 0.25) is 0 Å². The fourth-order valence-electron chi connectivity index (χ4n) is 2.16. The van der Waals surface area contributed by atoms with Gasteiger partial charge in [0.2, 0.25) is 0 Å². The highest BCUT2D eigenvalue weighted by Gasteiger charge is 2.10. The molecule has 0 bridgehead atoms. The van der Waals surface area contributed by atoms with E-state index < -0.39 is 0 Å². The zero-order chi connectivity index (χ0) is 13.4. The van der Waals surface area contributed by atoms with Crippen molar-refractivity contribution >= 4 is 15.9 Å². The van der Waals surface area contributed by atoms with E-state index in [0.717, 1.165) is 19.5 Å². The molecule has 0 saturated carbocycles. The summed E-state index contributed by atoms with van der Waals surface area (Å²) in [6.45, 7) is 7.91. The van der Waals surface area contributed by atoms with Gasteiger partial charge in [0.05, 0.1) is 0 Å². The van der Waals surface area contributed by atoms with Crippen molar-refractivity contribution in [1.29, 1.82) is 0 Å². The molecule has 0 heterocycles. The van der Waals surface area contributed by atoms with Crippen molar-refractivity contribution in [3.63, 3.8) is 0 Å². The third-order valence-corrected chi connectivity index (χ3v) is 4.29. The number of nitrogens with one attached hydrogen (secondary N) is 1. The summed E-state index contributed by atoms with van der Waals surface area (Å²) in [5.74, 6) is 0. The second-order valence-corrected chi connectivity index (χ2v) is 5.45. The van der Waals surface area contributed by atoms with E-state index >= 15 is 0 Å². The third-order valence-electron chi connectivity index (χ3n) is 3.52. The van der Waals surface area contributed by atoms with Gasteiger partial charge in [0.15, 0.2) is 0 Å². The first-order chi connectivity index (χ1) is 8.71. The van der Waals surface area contributed by atoms with Gasteiger partial charge in [0.1, 0.15) is 0 Å². The predicted octanol–water partition coefficient (Wildman–Crippen LogP) is 3.31. The highest BCUT2D eigenvalue weighted by molar-refractivity contribution is 9.10. The van der Waals surface area contributed by atoms with Crippen molar-refractivity contribution in [2.45, 2.75) is 32.7 Å². The van der Waals surface area contributed by atoms with Gasteiger partial charge in [-0.05, 0) is 51.2 Å². The van der Waals surface area contributed by atoms with Crippen LogP contribution in [-0.2, 0) is 6.42 Å². The Morgan fingerprint density at radius 3 is 2.44 bits per heavy atom. The normalized spacial score (nSPS) is 12.9. The Kier molecular flexibility index (Phi) is 7.56. The minimum absolute atomic E-state index is 0.546. The Morgan fingerprint density at radius 2 is 1.89 bits per heavy atom. The van der Waals surface area contributed by atoms with Crippen molar-refractivity contribution < 1.29 is 0 Å². The van der Waals surface area contributed by atoms with Crippen molar-refractivity contribution in [2.24, 2.45) is 0 Å². The monoisotopic (exact) mass is 312 g/mol. The molecule has 0 spiro atoms. The van der Waals surface area contributed by atoms with Crippen molar-refractivity contribution in [2.75, 3.05) is 26.7 Å². The lowest BCUT2D eigenvalue weighted by molar-refractivity contribution is 0.283. The molecule has 0 radical (unpaired) electrons. The fourth-order valence-corrected chi connectivity index (χ4v) is 2.60. The summed E-state index contributed by atoms with van der Waals surface area (Å²) in [5.41, 5.74) is 1.39. The summed E-state index contributed by atoms with van der Waals surface area (Å²) in [7, 11) is 2.06. The van der Waals surface area contributed by atoms with Gasteiger partial charge < -0.3 is 10.2 Å². The highest BCUT2D eigenvalue weighted by Crippen LogP contribution is 2.18. The van der Waals surface area contributed by atoms with E-state index in [1.54, 1.807) is 0 Å². The molecule has 0 aliphatic heterocycles. The van der Waals surface area contributed by atoms with Crippen LogP contribution in [-0.4, -0.2) is 37.6 Å². The fraction of sp³-hybridized carbons (Fsp3) is 0.600. The van der Waals surface area contributed by atoms with E-state index in [0.29, 0.717) is 6.04 Å². The second kappa shape index (κ2) is 8.68. The average Bonchev–Trinajstić information content (AvgIpc) is 2.40. The summed E-state index contributed by atoms with van der Waals surface area (Å²) in [6, 6.07) is 9.04. The average molecular weight is 313 g/mol. The van der Waals surface area contributed by atoms with Gasteiger partial charge in [-0.25, -0.2) is 0 Å². The lowest BCUT2D eigenvalue weighted by Crippen LogP contribution is -2.33. The molecular weight excluding hydrogens is 288 g/mol. The number of rotatable bonds is 8. The first-order valence-electron chi connectivity index (χ1n) is 6.84. The van der Waals surface area contributed by atoms with Crippen LogP contribution in [0.3, 0.4) is 0 Å². The largest absolute Gasteiger partial charge is 0.317 e. The van der Waals surface area contributed by atoms with Crippen molar-refractivity contribution in [3.8, 4) is 0 Å². The van der Waals surface area contributed by atoms with Crippen LogP contribution in [0.25, 0.3) is 0 Å². The summed E-state index contributed by atoms with van der Waals surface area (Å²) >= 11 is 3.62.